The molecule has 1 aromatic rings. The molecule has 22 heavy (non-hydrogen) atoms. The topological polar surface area (TPSA) is 37.1 Å². The first-order valence-corrected chi connectivity index (χ1v) is 8.60. The number of nitrogens with zero attached hydrogens (tertiary/aromatic N) is 1. The molecule has 1 fully saturated rings. The highest BCUT2D eigenvalue weighted by molar-refractivity contribution is 5.47. The summed E-state index contributed by atoms with van der Waals surface area (Å²) in [6.07, 6.45) is 1.88. The Kier molecular flexibility index (Phi) is 7.16. The molecule has 1 aromatic carbocycles. The number of hydrogen-bond donors (Lipinski definition) is 2. The van der Waals surface area contributed by atoms with E-state index < -0.39 is 0 Å². The first-order chi connectivity index (χ1) is 10.7. The molecule has 0 aliphatic carbocycles. The molecule has 0 unspecified atom stereocenters. The minimum Gasteiger partial charge on any atom is -0.385 e. The number of aliphatic hydroxyl groups is 1. The van der Waals surface area contributed by atoms with Crippen molar-refractivity contribution in [3.63, 3.8) is 0 Å². The Hall–Kier alpha value is -1.10. The monoisotopic (exact) mass is 307 g/mol. The van der Waals surface area contributed by atoms with Crippen molar-refractivity contribution in [1.29, 1.82) is 0 Å². The molecule has 1 saturated heterocycles. The van der Waals surface area contributed by atoms with Crippen molar-refractivity contribution in [3.8, 4) is 0 Å². The zero-order chi connectivity index (χ0) is 15.8. The standard InChI is InChI=1S/C18H30N2O2/c1-3-4-13-22-15-18(21)14-19-9-11-20(12-10-19)17-7-5-16(2)6-8-17/h5-8,18,21H,3-4,9-15H2,1-2H3/p+1/t18-/m0/s1. The lowest BCUT2D eigenvalue weighted by Gasteiger charge is -2.34. The number of hydrogen-bond acceptors (Lipinski definition) is 3. The van der Waals surface area contributed by atoms with E-state index >= 15 is 0 Å². The Morgan fingerprint density at radius 2 is 1.91 bits per heavy atom. The van der Waals surface area contributed by atoms with E-state index in [1.165, 1.54) is 16.2 Å². The molecule has 0 aromatic heterocycles. The maximum atomic E-state index is 10.1. The molecule has 1 heterocycles. The quantitative estimate of drug-likeness (QED) is 0.700. The van der Waals surface area contributed by atoms with Gasteiger partial charge in [-0.1, -0.05) is 31.0 Å². The Balaban J connectivity index is 1.67. The number of rotatable bonds is 8. The SMILES string of the molecule is CCCCOC[C@@H](O)C[NH+]1CCN(c2ccc(C)cc2)CC1. The number of quaternary nitrogens is 1. The average Bonchev–Trinajstić information content (AvgIpc) is 2.53. The van der Waals surface area contributed by atoms with Gasteiger partial charge in [-0.25, -0.2) is 0 Å². The van der Waals surface area contributed by atoms with Gasteiger partial charge in [-0.05, 0) is 25.5 Å². The fourth-order valence-corrected chi connectivity index (χ4v) is 2.90. The van der Waals surface area contributed by atoms with Crippen molar-refractivity contribution < 1.29 is 14.7 Å². The summed E-state index contributed by atoms with van der Waals surface area (Å²) in [5.41, 5.74) is 2.62. The summed E-state index contributed by atoms with van der Waals surface area (Å²) in [6.45, 7) is 10.6. The number of benzene rings is 1. The molecule has 1 atom stereocenters. The van der Waals surface area contributed by atoms with Gasteiger partial charge in [0.05, 0.1) is 32.8 Å². The van der Waals surface area contributed by atoms with Crippen molar-refractivity contribution in [2.75, 3.05) is 50.8 Å². The Labute approximate surface area is 134 Å². The summed E-state index contributed by atoms with van der Waals surface area (Å²) in [7, 11) is 0. The molecule has 2 N–H and O–H groups in total. The van der Waals surface area contributed by atoms with Crippen LogP contribution in [0.5, 0.6) is 0 Å². The predicted octanol–water partition coefficient (Wildman–Crippen LogP) is 0.878. The largest absolute Gasteiger partial charge is 0.385 e. The minimum atomic E-state index is -0.335. The van der Waals surface area contributed by atoms with Crippen molar-refractivity contribution in [2.45, 2.75) is 32.8 Å². The fourth-order valence-electron chi connectivity index (χ4n) is 2.90. The summed E-state index contributed by atoms with van der Waals surface area (Å²) in [6, 6.07) is 8.76. The molecule has 0 bridgehead atoms. The third kappa shape index (κ3) is 5.59. The molecular weight excluding hydrogens is 276 g/mol. The molecule has 4 heteroatoms. The normalized spacial score (nSPS) is 17.7. The van der Waals surface area contributed by atoms with Crippen LogP contribution in [0.2, 0.25) is 0 Å². The fraction of sp³-hybridized carbons (Fsp3) is 0.667. The van der Waals surface area contributed by atoms with Crippen LogP contribution in [-0.4, -0.2) is 57.1 Å². The average molecular weight is 307 g/mol. The van der Waals surface area contributed by atoms with Gasteiger partial charge < -0.3 is 19.6 Å². The molecule has 4 nitrogen and oxygen atoms in total. The summed E-state index contributed by atoms with van der Waals surface area (Å²) in [4.78, 5) is 3.92. The van der Waals surface area contributed by atoms with Crippen LogP contribution in [0.25, 0.3) is 0 Å². The highest BCUT2D eigenvalue weighted by Crippen LogP contribution is 2.14. The van der Waals surface area contributed by atoms with E-state index in [1.807, 2.05) is 0 Å². The van der Waals surface area contributed by atoms with E-state index in [4.69, 9.17) is 4.74 Å². The van der Waals surface area contributed by atoms with Crippen LogP contribution >= 0.6 is 0 Å². The first-order valence-electron chi connectivity index (χ1n) is 8.60. The third-order valence-electron chi connectivity index (χ3n) is 4.35. The van der Waals surface area contributed by atoms with E-state index in [1.54, 1.807) is 0 Å². The molecule has 0 amide bonds. The number of piperazine rings is 1. The van der Waals surface area contributed by atoms with Crippen LogP contribution in [0.4, 0.5) is 5.69 Å². The molecule has 1 aliphatic rings. The zero-order valence-electron chi connectivity index (χ0n) is 14.1. The molecular formula is C18H31N2O2+. The second-order valence-electron chi connectivity index (χ2n) is 6.36. The number of ether oxygens (including phenoxy) is 1. The van der Waals surface area contributed by atoms with E-state index in [0.29, 0.717) is 6.61 Å². The van der Waals surface area contributed by atoms with Gasteiger partial charge in [0.25, 0.3) is 0 Å². The molecule has 2 rings (SSSR count). The van der Waals surface area contributed by atoms with Crippen LogP contribution in [0.1, 0.15) is 25.3 Å². The van der Waals surface area contributed by atoms with E-state index in [9.17, 15) is 5.11 Å². The van der Waals surface area contributed by atoms with Crippen molar-refractivity contribution in [1.82, 2.24) is 0 Å². The summed E-state index contributed by atoms with van der Waals surface area (Å²) >= 11 is 0. The number of anilines is 1. The van der Waals surface area contributed by atoms with E-state index in [-0.39, 0.29) is 6.10 Å². The van der Waals surface area contributed by atoms with Gasteiger partial charge in [-0.15, -0.1) is 0 Å². The minimum absolute atomic E-state index is 0.335. The van der Waals surface area contributed by atoms with Crippen LogP contribution in [0.3, 0.4) is 0 Å². The lowest BCUT2D eigenvalue weighted by atomic mass is 10.2. The molecule has 0 radical (unpaired) electrons. The van der Waals surface area contributed by atoms with Gasteiger partial charge in [0.2, 0.25) is 0 Å². The Morgan fingerprint density at radius 3 is 2.55 bits per heavy atom. The molecule has 124 valence electrons. The van der Waals surface area contributed by atoms with Gasteiger partial charge in [0.15, 0.2) is 0 Å². The first kappa shape index (κ1) is 17.3. The second kappa shape index (κ2) is 9.13. The Bertz CT molecular complexity index is 414. The predicted molar refractivity (Wildman–Crippen MR) is 90.7 cm³/mol. The van der Waals surface area contributed by atoms with Gasteiger partial charge in [-0.2, -0.15) is 0 Å². The lowest BCUT2D eigenvalue weighted by Crippen LogP contribution is -3.16. The maximum absolute atomic E-state index is 10.1. The van der Waals surface area contributed by atoms with Crippen molar-refractivity contribution >= 4 is 5.69 Å². The smallest absolute Gasteiger partial charge is 0.126 e. The highest BCUT2D eigenvalue weighted by atomic mass is 16.5. The third-order valence-corrected chi connectivity index (χ3v) is 4.35. The van der Waals surface area contributed by atoms with E-state index in [2.05, 4.69) is 43.0 Å². The Morgan fingerprint density at radius 1 is 1.23 bits per heavy atom. The second-order valence-corrected chi connectivity index (χ2v) is 6.36. The van der Waals surface area contributed by atoms with Crippen LogP contribution in [0, 0.1) is 6.92 Å². The van der Waals surface area contributed by atoms with Crippen molar-refractivity contribution in [2.24, 2.45) is 0 Å². The molecule has 0 saturated carbocycles. The van der Waals surface area contributed by atoms with Crippen LogP contribution in [-0.2, 0) is 4.74 Å². The van der Waals surface area contributed by atoms with Crippen molar-refractivity contribution in [3.05, 3.63) is 29.8 Å². The lowest BCUT2D eigenvalue weighted by molar-refractivity contribution is -0.903. The number of aliphatic hydroxyl groups excluding tert-OH is 1. The molecule has 0 spiro atoms. The van der Waals surface area contributed by atoms with Gasteiger partial charge in [-0.3, -0.25) is 0 Å². The number of nitrogens with one attached hydrogen (secondary N) is 1. The highest BCUT2D eigenvalue weighted by Gasteiger charge is 2.22. The van der Waals surface area contributed by atoms with Gasteiger partial charge >= 0.3 is 0 Å². The summed E-state index contributed by atoms with van der Waals surface area (Å²) < 4.78 is 5.51. The van der Waals surface area contributed by atoms with Crippen LogP contribution < -0.4 is 9.80 Å². The van der Waals surface area contributed by atoms with E-state index in [0.717, 1.165) is 52.2 Å². The molecule has 1 aliphatic heterocycles. The van der Waals surface area contributed by atoms with Gasteiger partial charge in [0.1, 0.15) is 12.6 Å². The number of unbranched alkanes of at least 4 members (excludes halogenated alkanes) is 1. The van der Waals surface area contributed by atoms with Crippen LogP contribution in [0.15, 0.2) is 24.3 Å². The summed E-state index contributed by atoms with van der Waals surface area (Å²) in [5.74, 6) is 0. The van der Waals surface area contributed by atoms with Gasteiger partial charge in [0, 0.05) is 12.3 Å². The summed E-state index contributed by atoms with van der Waals surface area (Å²) in [5, 5.41) is 10.1. The number of aryl methyl sites for hydroxylation is 1. The maximum Gasteiger partial charge on any atom is 0.126 e. The zero-order valence-corrected chi connectivity index (χ0v) is 14.1.